The molecule has 7 aromatic heterocycles. The van der Waals surface area contributed by atoms with Crippen molar-refractivity contribution in [3.8, 4) is 48.7 Å². The third-order valence-electron chi connectivity index (χ3n) is 22.7. The van der Waals surface area contributed by atoms with E-state index < -0.39 is 40.1 Å². The minimum Gasteiger partial charge on any atom is -0.336 e. The second kappa shape index (κ2) is 41.7. The van der Waals surface area contributed by atoms with Crippen molar-refractivity contribution in [2.24, 2.45) is 5.92 Å². The number of aromatic nitrogens is 12. The molecule has 133 heavy (non-hydrogen) atoms. The number of aromatic amines is 1. The number of nitrogens with zero attached hydrogens (tertiary/aromatic N) is 19. The number of H-pyrrole nitrogens is 1. The van der Waals surface area contributed by atoms with Gasteiger partial charge in [-0.05, 0) is 167 Å². The Morgan fingerprint density at radius 2 is 0.729 bits per heavy atom. The van der Waals surface area contributed by atoms with Crippen LogP contribution in [0.5, 0.6) is 0 Å². The van der Waals surface area contributed by atoms with Crippen LogP contribution in [0.2, 0.25) is 0 Å². The van der Waals surface area contributed by atoms with Crippen molar-refractivity contribution >= 4 is 104 Å². The predicted molar refractivity (Wildman–Crippen MR) is 506 cm³/mol. The summed E-state index contributed by atoms with van der Waals surface area (Å²) in [4.78, 5) is 71.7. The minimum absolute atomic E-state index is 0.0170. The molecule has 40 heteroatoms. The molecule has 4 aliphatic rings. The Balaban J connectivity index is 0.000000136. The van der Waals surface area contributed by atoms with E-state index in [2.05, 4.69) is 60.2 Å². The van der Waals surface area contributed by atoms with Gasteiger partial charge in [-0.1, -0.05) is 145 Å². The number of piperazine rings is 4. The van der Waals surface area contributed by atoms with Crippen LogP contribution in [-0.4, -0.2) is 263 Å². The number of ketones is 1. The normalized spacial score (nSPS) is 17.3. The summed E-state index contributed by atoms with van der Waals surface area (Å²) in [5.41, 5.74) is 8.21. The van der Waals surface area contributed by atoms with Crippen molar-refractivity contribution in [3.05, 3.63) is 295 Å². The average molecular weight is 1930 g/mol. The Bertz CT molecular complexity index is 6870. The van der Waals surface area contributed by atoms with Crippen molar-refractivity contribution in [2.75, 3.05) is 78.5 Å². The largest absolute Gasteiger partial charge is 0.336 e. The predicted octanol–water partition coefficient (Wildman–Crippen LogP) is 12.5. The fraction of sp³-hybridized carbons (Fsp3) is 0.280. The van der Waals surface area contributed by atoms with Crippen LogP contribution in [-0.2, 0) is 53.2 Å². The number of benzene rings is 7. The molecule has 0 radical (unpaired) electrons. The quantitative estimate of drug-likeness (QED) is 0.0616. The van der Waals surface area contributed by atoms with Crippen LogP contribution in [0.25, 0.3) is 48.7 Å². The Labute approximate surface area is 783 Å². The summed E-state index contributed by atoms with van der Waals surface area (Å²) in [7, 11) is -14.8. The maximum Gasteiger partial charge on any atom is 0.253 e. The van der Waals surface area contributed by atoms with Crippen LogP contribution in [0.1, 0.15) is 106 Å². The molecule has 18 rings (SSSR count). The van der Waals surface area contributed by atoms with E-state index in [-0.39, 0.29) is 97.3 Å². The molecule has 0 bridgehead atoms. The third kappa shape index (κ3) is 22.2. The lowest BCUT2D eigenvalue weighted by Crippen LogP contribution is -2.55. The maximum absolute atomic E-state index is 13.5. The third-order valence-corrected chi connectivity index (χ3v) is 35.5. The Morgan fingerprint density at radius 3 is 1.11 bits per heavy atom. The van der Waals surface area contributed by atoms with Crippen LogP contribution in [0.4, 0.5) is 0 Å². The van der Waals surface area contributed by atoms with Crippen molar-refractivity contribution in [1.29, 1.82) is 0 Å². The van der Waals surface area contributed by atoms with Gasteiger partial charge in [0, 0.05) is 143 Å². The lowest BCUT2D eigenvalue weighted by atomic mass is 10.1. The van der Waals surface area contributed by atoms with Gasteiger partial charge in [0.2, 0.25) is 10.0 Å². The number of carbonyl (C=O) groups is 5. The highest BCUT2D eigenvalue weighted by atomic mass is 32.3. The molecule has 14 aromatic rings. The Kier molecular flexibility index (Phi) is 29.8. The standard InChI is InChI=1S/C26H25N5O4S2.C25H25N5O3S2.C24H29N5O3S.C18H19N5O3S2/c1-18-16-29(26(33)21-6-4-3-5-7-21)14-15-31(18)37(34,35)25-13-12-24(36-25)23-17-30(28-27-23)22-10-8-20(9-11-22)19(2)32;1-19-16-28(25(31)21-10-6-3-7-11-21)14-15-30(19)35(32,33)24-13-12-23(34-24)22-18-29(27-26-22)17-20-8-4-2-5-9-20;1-18(2)15-28-17-23(25-26-28)20-9-11-22(12-10-20)33(31,32)29-14-13-27(16-19(29)3)24(30)21-7-5-4-6-8-21;1-13-12-22(18(24)14-5-3-2-4-6-14)9-10-23(13)28(25,26)17-8-7-16(27-17)15-11-19-21-20-15/h3-13,17-18H,14-16H2,1-2H3;2-13,18-19H,14-17H2,1H3;4-12,17-19H,13-16H2,1-3H3;2-8,11,13H,9-10,12H2,1H3,(H,19,20,21)/t18-;2*19-;13-/m1111/s1. The summed E-state index contributed by atoms with van der Waals surface area (Å²) in [6, 6.07) is 68.6. The zero-order valence-electron chi connectivity index (χ0n) is 73.8. The van der Waals surface area contributed by atoms with Gasteiger partial charge in [0.05, 0.1) is 56.5 Å². The summed E-state index contributed by atoms with van der Waals surface area (Å²) >= 11 is 3.49. The van der Waals surface area contributed by atoms with Gasteiger partial charge < -0.3 is 19.6 Å². The second-order valence-corrected chi connectivity index (χ2v) is 44.2. The van der Waals surface area contributed by atoms with E-state index in [4.69, 9.17) is 0 Å². The molecule has 0 unspecified atom stereocenters. The zero-order valence-corrected chi connectivity index (χ0v) is 79.5. The van der Waals surface area contributed by atoms with E-state index in [9.17, 15) is 57.6 Å². The molecule has 11 heterocycles. The van der Waals surface area contributed by atoms with Crippen LogP contribution in [0.3, 0.4) is 0 Å². The molecule has 4 saturated heterocycles. The Hall–Kier alpha value is -12.6. The van der Waals surface area contributed by atoms with E-state index in [1.165, 1.54) is 35.5 Å². The topological polar surface area (TPSA) is 382 Å². The molecule has 4 amide bonds. The van der Waals surface area contributed by atoms with Crippen molar-refractivity contribution in [1.82, 2.24) is 97.2 Å². The van der Waals surface area contributed by atoms with Gasteiger partial charge in [-0.2, -0.15) is 32.6 Å². The highest BCUT2D eigenvalue weighted by molar-refractivity contribution is 7.92. The number of hydrogen-bond donors (Lipinski definition) is 1. The smallest absolute Gasteiger partial charge is 0.253 e. The molecular formula is C93H98N20O13S7. The highest BCUT2D eigenvalue weighted by Crippen LogP contribution is 2.38. The fourth-order valence-electron chi connectivity index (χ4n) is 15.9. The minimum atomic E-state index is -3.74. The van der Waals surface area contributed by atoms with Crippen LogP contribution >= 0.6 is 34.0 Å². The summed E-state index contributed by atoms with van der Waals surface area (Å²) in [5.74, 6) is 0.117. The van der Waals surface area contributed by atoms with Gasteiger partial charge in [0.25, 0.3) is 53.7 Å². The SMILES string of the molecule is CC(=O)c1ccc(-n2cc(-c3ccc(S(=O)(=O)N4CCN(C(=O)c5ccccc5)C[C@H]4C)s3)nn2)cc1.CC(C)Cn1cc(-c2ccc(S(=O)(=O)N3CCN(C(=O)c4ccccc4)C[C@H]3C)cc2)nn1.C[C@@H]1CN(C(=O)c2ccccc2)CCN1S(=O)(=O)c1ccc(-c2cn(Cc3ccccc3)nn2)s1.C[C@@H]1CN(C(=O)c2ccccc2)CCN1S(=O)(=O)c1ccc(-c2cn[nH]n2)s1. The maximum atomic E-state index is 13.5. The molecule has 0 spiro atoms. The van der Waals surface area contributed by atoms with Crippen LogP contribution in [0.15, 0.2) is 279 Å². The molecule has 1 N–H and O–H groups in total. The molecule has 4 atom stereocenters. The number of rotatable bonds is 22. The number of hydrogen-bond acceptors (Lipinski definition) is 24. The van der Waals surface area contributed by atoms with Crippen molar-refractivity contribution in [3.63, 3.8) is 0 Å². The first kappa shape index (κ1) is 95.0. The molecular weight excluding hydrogens is 1830 g/mol. The number of amides is 4. The van der Waals surface area contributed by atoms with E-state index in [1.807, 2.05) is 143 Å². The van der Waals surface area contributed by atoms with Gasteiger partial charge >= 0.3 is 0 Å². The molecule has 0 aliphatic carbocycles. The summed E-state index contributed by atoms with van der Waals surface area (Å²) in [5, 5.41) is 35.4. The molecule has 4 aliphatic heterocycles. The van der Waals surface area contributed by atoms with Gasteiger partial charge in [-0.25, -0.2) is 43.0 Å². The summed E-state index contributed by atoms with van der Waals surface area (Å²) in [6.07, 6.45) is 6.97. The molecule has 33 nitrogen and oxygen atoms in total. The first-order valence-electron chi connectivity index (χ1n) is 43.0. The lowest BCUT2D eigenvalue weighted by Gasteiger charge is -2.39. The van der Waals surface area contributed by atoms with Gasteiger partial charge in [-0.3, -0.25) is 28.7 Å². The number of sulfonamides is 4. The van der Waals surface area contributed by atoms with Crippen molar-refractivity contribution < 1.29 is 57.6 Å². The summed E-state index contributed by atoms with van der Waals surface area (Å²) < 4.78 is 118. The molecule has 7 aromatic carbocycles. The first-order valence-corrected chi connectivity index (χ1v) is 51.2. The van der Waals surface area contributed by atoms with Gasteiger partial charge in [0.1, 0.15) is 35.4 Å². The molecule has 690 valence electrons. The average Bonchev–Trinajstić information content (AvgIpc) is 1.68. The van der Waals surface area contributed by atoms with E-state index in [1.54, 1.807) is 179 Å². The second-order valence-electron chi connectivity index (χ2n) is 32.7. The number of thiophene rings is 3. The monoisotopic (exact) mass is 1930 g/mol. The summed E-state index contributed by atoms with van der Waals surface area (Å²) in [6.45, 7) is 18.2. The van der Waals surface area contributed by atoms with E-state index in [0.29, 0.717) is 120 Å². The van der Waals surface area contributed by atoms with Gasteiger partial charge in [-0.15, -0.1) is 49.3 Å². The van der Waals surface area contributed by atoms with Crippen LogP contribution in [0, 0.1) is 5.92 Å². The molecule has 0 saturated carbocycles. The Morgan fingerprint density at radius 1 is 0.376 bits per heavy atom. The fourth-order valence-corrected chi connectivity index (χ4v) is 26.5. The number of Topliss-reactive ketones (excluding diaryl/α,β-unsaturated/α-hetero) is 1. The zero-order chi connectivity index (χ0) is 93.9. The van der Waals surface area contributed by atoms with E-state index in [0.717, 1.165) is 55.8 Å². The highest BCUT2D eigenvalue weighted by Gasteiger charge is 2.41. The van der Waals surface area contributed by atoms with Crippen molar-refractivity contribution in [2.45, 2.75) is 103 Å². The first-order chi connectivity index (χ1) is 63.9. The molecule has 4 fully saturated rings. The van der Waals surface area contributed by atoms with E-state index >= 15 is 0 Å². The van der Waals surface area contributed by atoms with Gasteiger partial charge in [0.15, 0.2) is 5.78 Å². The lowest BCUT2D eigenvalue weighted by molar-refractivity contribution is 0.0637. The van der Waals surface area contributed by atoms with Crippen LogP contribution < -0.4 is 0 Å². The number of nitrogens with one attached hydrogen (secondary N) is 1. The number of carbonyl (C=O) groups excluding carboxylic acids is 5.